The topological polar surface area (TPSA) is 71.4 Å². The van der Waals surface area contributed by atoms with Crippen LogP contribution in [0.15, 0.2) is 24.3 Å². The quantitative estimate of drug-likeness (QED) is 0.879. The predicted molar refractivity (Wildman–Crippen MR) is 58.9 cm³/mol. The first-order chi connectivity index (χ1) is 7.82. The maximum atomic E-state index is 12.7. The summed E-state index contributed by atoms with van der Waals surface area (Å²) in [4.78, 5) is 10.9. The monoisotopic (exact) mass is 258 g/mol. The number of rotatable bonds is 3. The summed E-state index contributed by atoms with van der Waals surface area (Å²) in [7, 11) is -3.41. The van der Waals surface area contributed by atoms with Crippen molar-refractivity contribution < 1.29 is 22.7 Å². The highest BCUT2D eigenvalue weighted by atomic mass is 32.2. The van der Waals surface area contributed by atoms with Crippen molar-refractivity contribution in [3.8, 4) is 0 Å². The molecular weight excluding hydrogens is 247 g/mol. The molecule has 2 rings (SSSR count). The second-order valence-corrected chi connectivity index (χ2v) is 6.44. The molecule has 0 radical (unpaired) electrons. The molecule has 0 bridgehead atoms. The number of benzene rings is 1. The Morgan fingerprint density at radius 2 is 1.82 bits per heavy atom. The number of aliphatic carboxylic acids is 1. The maximum absolute atomic E-state index is 12.7. The van der Waals surface area contributed by atoms with Crippen LogP contribution in [0.5, 0.6) is 0 Å². The lowest BCUT2D eigenvalue weighted by molar-refractivity contribution is -0.138. The number of hydrogen-bond donors (Lipinski definition) is 1. The minimum atomic E-state index is -3.41. The van der Waals surface area contributed by atoms with Crippen LogP contribution < -0.4 is 0 Å². The molecule has 1 N–H and O–H groups in total. The van der Waals surface area contributed by atoms with Crippen LogP contribution in [0.25, 0.3) is 0 Å². The summed E-state index contributed by atoms with van der Waals surface area (Å²) in [6, 6.07) is 5.26. The molecule has 6 heteroatoms. The number of halogens is 1. The van der Waals surface area contributed by atoms with E-state index in [4.69, 9.17) is 5.11 Å². The summed E-state index contributed by atoms with van der Waals surface area (Å²) in [5.41, 5.74) is 0.550. The van der Waals surface area contributed by atoms with E-state index in [0.717, 1.165) is 6.26 Å². The number of carboxylic acid groups (broad SMARTS) is 1. The summed E-state index contributed by atoms with van der Waals surface area (Å²) < 4.78 is 35.6. The van der Waals surface area contributed by atoms with Gasteiger partial charge in [-0.1, -0.05) is 12.1 Å². The molecule has 1 aliphatic rings. The fourth-order valence-electron chi connectivity index (χ4n) is 2.19. The second kappa shape index (κ2) is 3.80. The minimum absolute atomic E-state index is 0.433. The summed E-state index contributed by atoms with van der Waals surface area (Å²) >= 11 is 0. The normalized spacial score (nSPS) is 27.8. The van der Waals surface area contributed by atoms with E-state index in [2.05, 4.69) is 0 Å². The van der Waals surface area contributed by atoms with Crippen molar-refractivity contribution in [2.75, 3.05) is 6.26 Å². The lowest BCUT2D eigenvalue weighted by atomic mass is 10.1. The molecule has 0 aromatic heterocycles. The first-order valence-corrected chi connectivity index (χ1v) is 6.95. The average Bonchev–Trinajstić information content (AvgIpc) is 2.93. The molecule has 4 nitrogen and oxygen atoms in total. The highest BCUT2D eigenvalue weighted by Gasteiger charge is 2.61. The Hall–Kier alpha value is -1.43. The molecule has 17 heavy (non-hydrogen) atoms. The molecule has 0 heterocycles. The summed E-state index contributed by atoms with van der Waals surface area (Å²) in [5, 5.41) is 8.04. The van der Waals surface area contributed by atoms with Gasteiger partial charge in [0.15, 0.2) is 9.84 Å². The van der Waals surface area contributed by atoms with Crippen LogP contribution in [0.4, 0.5) is 4.39 Å². The molecule has 0 saturated heterocycles. The van der Waals surface area contributed by atoms with Crippen LogP contribution in [0.3, 0.4) is 0 Å². The maximum Gasteiger partial charge on any atom is 0.308 e. The second-order valence-electron chi connectivity index (χ2n) is 4.24. The first-order valence-electron chi connectivity index (χ1n) is 4.99. The zero-order chi connectivity index (χ0) is 12.8. The Morgan fingerprint density at radius 1 is 1.29 bits per heavy atom. The van der Waals surface area contributed by atoms with Gasteiger partial charge in [-0.2, -0.15) is 0 Å². The van der Waals surface area contributed by atoms with Gasteiger partial charge >= 0.3 is 5.97 Å². The molecule has 3 atom stereocenters. The van der Waals surface area contributed by atoms with Gasteiger partial charge in [-0.05, 0) is 17.7 Å². The van der Waals surface area contributed by atoms with Gasteiger partial charge in [0.1, 0.15) is 5.82 Å². The van der Waals surface area contributed by atoms with Crippen molar-refractivity contribution in [3.63, 3.8) is 0 Å². The van der Waals surface area contributed by atoms with Gasteiger partial charge < -0.3 is 5.11 Å². The fourth-order valence-corrected chi connectivity index (χ4v) is 3.78. The molecule has 0 aliphatic heterocycles. The van der Waals surface area contributed by atoms with Gasteiger partial charge in [0.25, 0.3) is 0 Å². The standard InChI is InChI=1S/C11H11FO4S/c1-17(15,16)10-8(9(10)11(13)14)6-2-4-7(12)5-3-6/h2-5,8-10H,1H3,(H,13,14). The molecule has 1 aromatic carbocycles. The number of carbonyl (C=O) groups is 1. The largest absolute Gasteiger partial charge is 0.481 e. The number of hydrogen-bond acceptors (Lipinski definition) is 3. The van der Waals surface area contributed by atoms with Crippen molar-refractivity contribution >= 4 is 15.8 Å². The molecule has 1 fully saturated rings. The lowest BCUT2D eigenvalue weighted by Crippen LogP contribution is -2.10. The van der Waals surface area contributed by atoms with Crippen molar-refractivity contribution in [2.45, 2.75) is 11.2 Å². The Bertz CT molecular complexity index is 549. The number of sulfone groups is 1. The Balaban J connectivity index is 2.34. The molecule has 92 valence electrons. The Morgan fingerprint density at radius 3 is 2.18 bits per heavy atom. The smallest absolute Gasteiger partial charge is 0.308 e. The van der Waals surface area contributed by atoms with Gasteiger partial charge in [0, 0.05) is 12.2 Å². The van der Waals surface area contributed by atoms with Crippen LogP contribution in [0.2, 0.25) is 0 Å². The third kappa shape index (κ3) is 2.17. The van der Waals surface area contributed by atoms with Crippen LogP contribution in [0.1, 0.15) is 11.5 Å². The average molecular weight is 258 g/mol. The SMILES string of the molecule is CS(=O)(=O)C1C(C(=O)O)C1c1ccc(F)cc1. The van der Waals surface area contributed by atoms with E-state index in [-0.39, 0.29) is 0 Å². The van der Waals surface area contributed by atoms with E-state index in [1.807, 2.05) is 0 Å². The van der Waals surface area contributed by atoms with Crippen molar-refractivity contribution in [2.24, 2.45) is 5.92 Å². The zero-order valence-electron chi connectivity index (χ0n) is 9.00. The molecule has 1 aromatic rings. The van der Waals surface area contributed by atoms with Crippen LogP contribution >= 0.6 is 0 Å². The Labute approximate surface area is 98.0 Å². The third-order valence-corrected chi connectivity index (χ3v) is 4.56. The van der Waals surface area contributed by atoms with E-state index in [0.29, 0.717) is 5.56 Å². The van der Waals surface area contributed by atoms with E-state index < -0.39 is 38.7 Å². The summed E-state index contributed by atoms with van der Waals surface area (Å²) in [5.74, 6) is -3.05. The van der Waals surface area contributed by atoms with E-state index >= 15 is 0 Å². The van der Waals surface area contributed by atoms with Crippen molar-refractivity contribution in [1.29, 1.82) is 0 Å². The molecule has 0 amide bonds. The Kier molecular flexibility index (Phi) is 2.69. The van der Waals surface area contributed by atoms with Gasteiger partial charge in [0.2, 0.25) is 0 Å². The highest BCUT2D eigenvalue weighted by molar-refractivity contribution is 7.91. The van der Waals surface area contributed by atoms with Crippen LogP contribution in [0, 0.1) is 11.7 Å². The lowest BCUT2D eigenvalue weighted by Gasteiger charge is -1.98. The van der Waals surface area contributed by atoms with Gasteiger partial charge in [-0.3, -0.25) is 4.79 Å². The first kappa shape index (κ1) is 12.0. The highest BCUT2D eigenvalue weighted by Crippen LogP contribution is 2.52. The van der Waals surface area contributed by atoms with Gasteiger partial charge in [-0.25, -0.2) is 12.8 Å². The van der Waals surface area contributed by atoms with Crippen LogP contribution in [-0.4, -0.2) is 31.0 Å². The fraction of sp³-hybridized carbons (Fsp3) is 0.364. The van der Waals surface area contributed by atoms with E-state index in [1.54, 1.807) is 0 Å². The molecule has 0 spiro atoms. The molecule has 1 saturated carbocycles. The van der Waals surface area contributed by atoms with Gasteiger partial charge in [0.05, 0.1) is 11.2 Å². The van der Waals surface area contributed by atoms with E-state index in [1.165, 1.54) is 24.3 Å². The molecular formula is C11H11FO4S. The van der Waals surface area contributed by atoms with Crippen molar-refractivity contribution in [1.82, 2.24) is 0 Å². The van der Waals surface area contributed by atoms with E-state index in [9.17, 15) is 17.6 Å². The molecule has 1 aliphatic carbocycles. The molecule has 3 unspecified atom stereocenters. The summed E-state index contributed by atoms with van der Waals surface area (Å²) in [6.45, 7) is 0. The predicted octanol–water partition coefficient (Wildman–Crippen LogP) is 1.04. The van der Waals surface area contributed by atoms with Crippen molar-refractivity contribution in [3.05, 3.63) is 35.6 Å². The summed E-state index contributed by atoms with van der Waals surface area (Å²) in [6.07, 6.45) is 1.02. The van der Waals surface area contributed by atoms with Gasteiger partial charge in [-0.15, -0.1) is 0 Å². The minimum Gasteiger partial charge on any atom is -0.481 e. The number of carboxylic acids is 1. The zero-order valence-corrected chi connectivity index (χ0v) is 9.82. The third-order valence-electron chi connectivity index (χ3n) is 2.99. The van der Waals surface area contributed by atoms with Crippen LogP contribution in [-0.2, 0) is 14.6 Å².